The van der Waals surface area contributed by atoms with Gasteiger partial charge >= 0.3 is 0 Å². The quantitative estimate of drug-likeness (QED) is 0.788. The van der Waals surface area contributed by atoms with Gasteiger partial charge in [-0.2, -0.15) is 0 Å². The summed E-state index contributed by atoms with van der Waals surface area (Å²) in [6, 6.07) is 0. The molecule has 0 spiro atoms. The monoisotopic (exact) mass is 221 g/mol. The second-order valence-corrected chi connectivity index (χ2v) is 4.64. The molecule has 0 bridgehead atoms. The van der Waals surface area contributed by atoms with Crippen molar-refractivity contribution in [2.45, 2.75) is 51.1 Å². The number of nitrogens with zero attached hydrogens (tertiary/aromatic N) is 2. The van der Waals surface area contributed by atoms with Crippen molar-refractivity contribution in [3.63, 3.8) is 0 Å². The Morgan fingerprint density at radius 3 is 2.88 bits per heavy atom. The van der Waals surface area contributed by atoms with E-state index in [0.717, 1.165) is 38.6 Å². The summed E-state index contributed by atoms with van der Waals surface area (Å²) >= 11 is 0. The average molecular weight is 221 g/mol. The highest BCUT2D eigenvalue weighted by Crippen LogP contribution is 2.30. The van der Waals surface area contributed by atoms with Crippen LogP contribution in [0.4, 0.5) is 0 Å². The van der Waals surface area contributed by atoms with E-state index < -0.39 is 5.54 Å². The molecule has 1 saturated carbocycles. The van der Waals surface area contributed by atoms with Crippen LogP contribution in [0.5, 0.6) is 0 Å². The molecule has 88 valence electrons. The number of rotatable bonds is 4. The number of imidazole rings is 1. The molecule has 4 nitrogen and oxygen atoms in total. The Balaban J connectivity index is 2.23. The Kier molecular flexibility index (Phi) is 3.10. The summed E-state index contributed by atoms with van der Waals surface area (Å²) in [5.74, 6) is 0.551. The molecule has 0 atom stereocenters. The van der Waals surface area contributed by atoms with E-state index in [1.54, 1.807) is 6.20 Å². The topological polar surface area (TPSA) is 60.9 Å². The third kappa shape index (κ3) is 1.89. The van der Waals surface area contributed by atoms with E-state index in [4.69, 9.17) is 5.73 Å². The van der Waals surface area contributed by atoms with Gasteiger partial charge in [0, 0.05) is 18.9 Å². The molecule has 0 amide bonds. The first kappa shape index (κ1) is 11.3. The molecule has 1 heterocycles. The SMILES string of the molecule is CCCn1ccnc1C(=O)C1(N)CCCC1. The van der Waals surface area contributed by atoms with E-state index in [-0.39, 0.29) is 5.78 Å². The standard InChI is InChI=1S/C12H19N3O/c1-2-8-15-9-7-14-11(15)10(16)12(13)5-3-4-6-12/h7,9H,2-6,8,13H2,1H3. The lowest BCUT2D eigenvalue weighted by Gasteiger charge is -2.21. The number of aryl methyl sites for hydroxylation is 1. The average Bonchev–Trinajstić information content (AvgIpc) is 2.88. The number of Topliss-reactive ketones (excluding diaryl/α,β-unsaturated/α-hetero) is 1. The largest absolute Gasteiger partial charge is 0.328 e. The first-order valence-corrected chi connectivity index (χ1v) is 6.02. The molecule has 4 heteroatoms. The van der Waals surface area contributed by atoms with Gasteiger partial charge in [-0.1, -0.05) is 19.8 Å². The minimum absolute atomic E-state index is 0.0171. The Labute approximate surface area is 95.9 Å². The molecule has 0 unspecified atom stereocenters. The number of hydrogen-bond acceptors (Lipinski definition) is 3. The summed E-state index contributed by atoms with van der Waals surface area (Å²) in [4.78, 5) is 16.5. The molecule has 0 aliphatic heterocycles. The van der Waals surface area contributed by atoms with Gasteiger partial charge in [-0.15, -0.1) is 0 Å². The fourth-order valence-electron chi connectivity index (χ4n) is 2.40. The van der Waals surface area contributed by atoms with E-state index in [0.29, 0.717) is 5.82 Å². The van der Waals surface area contributed by atoms with E-state index in [1.165, 1.54) is 0 Å². The summed E-state index contributed by atoms with van der Waals surface area (Å²) in [6.07, 6.45) is 8.23. The summed E-state index contributed by atoms with van der Waals surface area (Å²) < 4.78 is 1.91. The third-order valence-corrected chi connectivity index (χ3v) is 3.33. The van der Waals surface area contributed by atoms with Crippen molar-refractivity contribution in [3.05, 3.63) is 18.2 Å². The summed E-state index contributed by atoms with van der Waals surface area (Å²) in [6.45, 7) is 2.92. The number of ketones is 1. The highest BCUT2D eigenvalue weighted by atomic mass is 16.1. The van der Waals surface area contributed by atoms with Gasteiger partial charge in [0.1, 0.15) is 0 Å². The molecule has 1 aromatic rings. The molecule has 16 heavy (non-hydrogen) atoms. The normalized spacial score (nSPS) is 18.9. The predicted molar refractivity (Wildman–Crippen MR) is 62.2 cm³/mol. The van der Waals surface area contributed by atoms with Gasteiger partial charge in [0.15, 0.2) is 5.82 Å². The molecule has 0 saturated heterocycles. The number of hydrogen-bond donors (Lipinski definition) is 1. The predicted octanol–water partition coefficient (Wildman–Crippen LogP) is 1.75. The second kappa shape index (κ2) is 4.37. The van der Waals surface area contributed by atoms with Gasteiger partial charge in [-0.05, 0) is 19.3 Å². The minimum Gasteiger partial charge on any atom is -0.328 e. The van der Waals surface area contributed by atoms with Crippen molar-refractivity contribution in [1.82, 2.24) is 9.55 Å². The molecule has 1 aliphatic rings. The Hall–Kier alpha value is -1.16. The van der Waals surface area contributed by atoms with Crippen molar-refractivity contribution in [2.24, 2.45) is 5.73 Å². The van der Waals surface area contributed by atoms with Gasteiger partial charge in [0.05, 0.1) is 5.54 Å². The molecule has 2 rings (SSSR count). The summed E-state index contributed by atoms with van der Waals surface area (Å²) in [5, 5.41) is 0. The fourth-order valence-corrected chi connectivity index (χ4v) is 2.40. The molecule has 1 aliphatic carbocycles. The van der Waals surface area contributed by atoms with Crippen molar-refractivity contribution in [1.29, 1.82) is 0 Å². The van der Waals surface area contributed by atoms with Gasteiger partial charge in [-0.25, -0.2) is 4.98 Å². The van der Waals surface area contributed by atoms with Crippen molar-refractivity contribution >= 4 is 5.78 Å². The lowest BCUT2D eigenvalue weighted by atomic mass is 9.93. The van der Waals surface area contributed by atoms with Gasteiger partial charge in [0.2, 0.25) is 5.78 Å². The van der Waals surface area contributed by atoms with E-state index in [9.17, 15) is 4.79 Å². The van der Waals surface area contributed by atoms with Crippen LogP contribution in [0, 0.1) is 0 Å². The van der Waals surface area contributed by atoms with Crippen LogP contribution in [0.15, 0.2) is 12.4 Å². The second-order valence-electron chi connectivity index (χ2n) is 4.64. The van der Waals surface area contributed by atoms with Crippen LogP contribution in [0.1, 0.15) is 49.6 Å². The van der Waals surface area contributed by atoms with Crippen molar-refractivity contribution in [3.8, 4) is 0 Å². The van der Waals surface area contributed by atoms with Crippen molar-refractivity contribution in [2.75, 3.05) is 0 Å². The van der Waals surface area contributed by atoms with Gasteiger partial charge in [0.25, 0.3) is 0 Å². The first-order valence-electron chi connectivity index (χ1n) is 6.02. The van der Waals surface area contributed by atoms with Gasteiger partial charge < -0.3 is 10.3 Å². The molecule has 2 N–H and O–H groups in total. The molecular formula is C12H19N3O. The zero-order valence-electron chi connectivity index (χ0n) is 9.78. The number of nitrogens with two attached hydrogens (primary N) is 1. The lowest BCUT2D eigenvalue weighted by Crippen LogP contribution is -2.46. The maximum atomic E-state index is 12.3. The number of aromatic nitrogens is 2. The van der Waals surface area contributed by atoms with Crippen LogP contribution < -0.4 is 5.73 Å². The zero-order chi connectivity index (χ0) is 11.6. The highest BCUT2D eigenvalue weighted by molar-refractivity contribution is 6.00. The number of carbonyl (C=O) groups is 1. The summed E-state index contributed by atoms with van der Waals surface area (Å²) in [5.41, 5.74) is 5.50. The third-order valence-electron chi connectivity index (χ3n) is 3.33. The maximum Gasteiger partial charge on any atom is 0.217 e. The maximum absolute atomic E-state index is 12.3. The van der Waals surface area contributed by atoms with Crippen LogP contribution in [-0.2, 0) is 6.54 Å². The van der Waals surface area contributed by atoms with E-state index in [2.05, 4.69) is 11.9 Å². The van der Waals surface area contributed by atoms with Crippen molar-refractivity contribution < 1.29 is 4.79 Å². The van der Waals surface area contributed by atoms with Crippen LogP contribution in [0.3, 0.4) is 0 Å². The Bertz CT molecular complexity index is 377. The van der Waals surface area contributed by atoms with E-state index >= 15 is 0 Å². The van der Waals surface area contributed by atoms with Crippen LogP contribution >= 0.6 is 0 Å². The molecule has 1 fully saturated rings. The van der Waals surface area contributed by atoms with Crippen LogP contribution in [0.2, 0.25) is 0 Å². The Morgan fingerprint density at radius 1 is 1.56 bits per heavy atom. The highest BCUT2D eigenvalue weighted by Gasteiger charge is 2.39. The van der Waals surface area contributed by atoms with Crippen LogP contribution in [0.25, 0.3) is 0 Å². The fraction of sp³-hybridized carbons (Fsp3) is 0.667. The lowest BCUT2D eigenvalue weighted by molar-refractivity contribution is 0.0876. The zero-order valence-corrected chi connectivity index (χ0v) is 9.78. The molecule has 0 aromatic carbocycles. The van der Waals surface area contributed by atoms with E-state index in [1.807, 2.05) is 10.8 Å². The van der Waals surface area contributed by atoms with Gasteiger partial charge in [-0.3, -0.25) is 4.79 Å². The smallest absolute Gasteiger partial charge is 0.217 e. The Morgan fingerprint density at radius 2 is 2.25 bits per heavy atom. The molecule has 1 aromatic heterocycles. The summed E-state index contributed by atoms with van der Waals surface area (Å²) in [7, 11) is 0. The molecule has 0 radical (unpaired) electrons. The first-order chi connectivity index (χ1) is 7.67. The number of carbonyl (C=O) groups excluding carboxylic acids is 1. The minimum atomic E-state index is -0.656. The van der Waals surface area contributed by atoms with Crippen LogP contribution in [-0.4, -0.2) is 20.9 Å². The molecular weight excluding hydrogens is 202 g/mol.